The number of benzene rings is 2. The van der Waals surface area contributed by atoms with Crippen LogP contribution in [-0.2, 0) is 5.41 Å². The number of aryl methyl sites for hydroxylation is 1. The molecule has 2 heterocycles. The van der Waals surface area contributed by atoms with Crippen LogP contribution >= 0.6 is 0 Å². The molecule has 2 aromatic heterocycles. The zero-order chi connectivity index (χ0) is 32.3. The molecule has 0 saturated heterocycles. The third-order valence-electron chi connectivity index (χ3n) is 9.20. The van der Waals surface area contributed by atoms with Gasteiger partial charge < -0.3 is 0 Å². The van der Waals surface area contributed by atoms with Crippen molar-refractivity contribution in [2.45, 2.75) is 19.3 Å². The molecular formula is C38H20F2N6. The van der Waals surface area contributed by atoms with Crippen LogP contribution in [0.3, 0.4) is 0 Å². The van der Waals surface area contributed by atoms with Crippen molar-refractivity contribution in [3.63, 3.8) is 0 Å². The van der Waals surface area contributed by atoms with Crippen molar-refractivity contribution in [3.8, 4) is 46.5 Å². The third kappa shape index (κ3) is 4.02. The van der Waals surface area contributed by atoms with E-state index in [0.717, 1.165) is 27.8 Å². The van der Waals surface area contributed by atoms with Crippen LogP contribution in [-0.4, -0.2) is 9.97 Å². The van der Waals surface area contributed by atoms with Gasteiger partial charge in [-0.05, 0) is 98.0 Å². The fraction of sp³-hybridized carbons (Fsp3) is 0.105. The lowest BCUT2D eigenvalue weighted by Gasteiger charge is -2.32. The first-order valence-corrected chi connectivity index (χ1v) is 14.3. The van der Waals surface area contributed by atoms with Crippen molar-refractivity contribution in [3.05, 3.63) is 136 Å². The molecule has 216 valence electrons. The first-order valence-electron chi connectivity index (χ1n) is 14.3. The van der Waals surface area contributed by atoms with E-state index in [4.69, 9.17) is 0 Å². The van der Waals surface area contributed by atoms with E-state index in [-0.39, 0.29) is 11.1 Å². The zero-order valence-electron chi connectivity index (χ0n) is 24.5. The molecule has 0 bridgehead atoms. The summed E-state index contributed by atoms with van der Waals surface area (Å²) >= 11 is 0. The fourth-order valence-corrected chi connectivity index (χ4v) is 7.00. The molecule has 0 radical (unpaired) electrons. The summed E-state index contributed by atoms with van der Waals surface area (Å²) in [6, 6.07) is 22.1. The number of pyridine rings is 2. The van der Waals surface area contributed by atoms with Crippen LogP contribution in [0.1, 0.15) is 40.3 Å². The first-order chi connectivity index (χ1) is 22.2. The van der Waals surface area contributed by atoms with E-state index in [1.165, 1.54) is 24.5 Å². The summed E-state index contributed by atoms with van der Waals surface area (Å²) in [6.45, 7) is 3.84. The van der Waals surface area contributed by atoms with Crippen molar-refractivity contribution < 1.29 is 8.78 Å². The highest BCUT2D eigenvalue weighted by Crippen LogP contribution is 2.59. The van der Waals surface area contributed by atoms with E-state index >= 15 is 0 Å². The van der Waals surface area contributed by atoms with Crippen molar-refractivity contribution >= 4 is 16.7 Å². The third-order valence-corrected chi connectivity index (χ3v) is 9.20. The monoisotopic (exact) mass is 598 g/mol. The molecular weight excluding hydrogens is 578 g/mol. The molecule has 3 aliphatic carbocycles. The van der Waals surface area contributed by atoms with Crippen molar-refractivity contribution in [2.75, 3.05) is 0 Å². The Hall–Kier alpha value is -6.48. The number of aromatic nitrogens is 2. The topological polar surface area (TPSA) is 121 Å². The summed E-state index contributed by atoms with van der Waals surface area (Å²) in [6.07, 6.45) is 8.69. The van der Waals surface area contributed by atoms with Crippen molar-refractivity contribution in [1.82, 2.24) is 9.97 Å². The Morgan fingerprint density at radius 3 is 2.17 bits per heavy atom. The molecule has 0 fully saturated rings. The average molecular weight is 599 g/mol. The van der Waals surface area contributed by atoms with Crippen LogP contribution < -0.4 is 0 Å². The van der Waals surface area contributed by atoms with Crippen LogP contribution in [0.5, 0.6) is 0 Å². The number of nitrogens with zero attached hydrogens (tertiary/aromatic N) is 6. The summed E-state index contributed by atoms with van der Waals surface area (Å²) in [5.74, 6) is -1.67. The molecule has 7 rings (SSSR count). The molecule has 4 aromatic rings. The molecule has 2 aromatic carbocycles. The predicted molar refractivity (Wildman–Crippen MR) is 167 cm³/mol. The van der Waals surface area contributed by atoms with Gasteiger partial charge in [0.15, 0.2) is 0 Å². The smallest absolute Gasteiger partial charge is 0.213 e. The summed E-state index contributed by atoms with van der Waals surface area (Å²) < 4.78 is 28.2. The molecule has 8 heteroatoms. The van der Waals surface area contributed by atoms with Gasteiger partial charge in [0.05, 0.1) is 0 Å². The van der Waals surface area contributed by atoms with Gasteiger partial charge in [-0.1, -0.05) is 37.3 Å². The number of allylic oxidation sites excluding steroid dienone is 7. The van der Waals surface area contributed by atoms with Crippen LogP contribution in [0, 0.1) is 70.1 Å². The zero-order valence-corrected chi connectivity index (χ0v) is 24.5. The van der Waals surface area contributed by atoms with E-state index in [0.29, 0.717) is 44.5 Å². The average Bonchev–Trinajstić information content (AvgIpc) is 3.50. The van der Waals surface area contributed by atoms with Gasteiger partial charge in [-0.3, -0.25) is 0 Å². The van der Waals surface area contributed by atoms with Crippen LogP contribution in [0.15, 0.2) is 90.3 Å². The summed E-state index contributed by atoms with van der Waals surface area (Å²) in [4.78, 5) is 7.39. The van der Waals surface area contributed by atoms with E-state index in [1.54, 1.807) is 6.07 Å². The molecule has 0 amide bonds. The summed E-state index contributed by atoms with van der Waals surface area (Å²) in [5.41, 5.74) is 8.06. The summed E-state index contributed by atoms with van der Waals surface area (Å²) in [5, 5.41) is 40.3. The maximum Gasteiger partial charge on any atom is 0.213 e. The minimum atomic E-state index is -0.704. The Morgan fingerprint density at radius 1 is 0.739 bits per heavy atom. The number of hydrogen-bond donors (Lipinski definition) is 0. The van der Waals surface area contributed by atoms with Gasteiger partial charge in [-0.25, -0.2) is 9.97 Å². The maximum absolute atomic E-state index is 14.2. The highest BCUT2D eigenvalue weighted by Gasteiger charge is 2.48. The minimum Gasteiger partial charge on any atom is -0.228 e. The van der Waals surface area contributed by atoms with Gasteiger partial charge >= 0.3 is 0 Å². The molecule has 0 spiro atoms. The number of rotatable bonds is 2. The lowest BCUT2D eigenvalue weighted by molar-refractivity contribution is 0.535. The van der Waals surface area contributed by atoms with E-state index < -0.39 is 23.2 Å². The highest BCUT2D eigenvalue weighted by atomic mass is 19.1. The van der Waals surface area contributed by atoms with Crippen molar-refractivity contribution in [1.29, 1.82) is 21.0 Å². The van der Waals surface area contributed by atoms with E-state index in [1.807, 2.05) is 62.4 Å². The van der Waals surface area contributed by atoms with Gasteiger partial charge in [0.25, 0.3) is 0 Å². The van der Waals surface area contributed by atoms with Crippen LogP contribution in [0.4, 0.5) is 8.78 Å². The molecule has 2 unspecified atom stereocenters. The van der Waals surface area contributed by atoms with Gasteiger partial charge in [-0.2, -0.15) is 29.8 Å². The minimum absolute atomic E-state index is 0.0315. The molecule has 3 aliphatic rings. The quantitative estimate of drug-likeness (QED) is 0.150. The van der Waals surface area contributed by atoms with Gasteiger partial charge in [0.2, 0.25) is 11.9 Å². The Labute approximate surface area is 263 Å². The molecule has 2 atom stereocenters. The highest BCUT2D eigenvalue weighted by molar-refractivity contribution is 6.07. The van der Waals surface area contributed by atoms with E-state index in [9.17, 15) is 29.8 Å². The van der Waals surface area contributed by atoms with Crippen molar-refractivity contribution in [2.24, 2.45) is 5.92 Å². The second kappa shape index (κ2) is 10.3. The van der Waals surface area contributed by atoms with Crippen LogP contribution in [0.2, 0.25) is 0 Å². The second-order valence-corrected chi connectivity index (χ2v) is 11.6. The molecule has 0 saturated carbocycles. The lowest BCUT2D eigenvalue weighted by atomic mass is 9.70. The number of hydrogen-bond acceptors (Lipinski definition) is 6. The Morgan fingerprint density at radius 2 is 1.46 bits per heavy atom. The standard InChI is InChI=1S/C38H20F2N6/c1-20-19-46-35(40)14-27(20)23-3-4-26-28-12-31-32(13-30(28)36(29(26)9-23)24(15-41)16-42)38(2)7-5-21(22-6-8-45-34(39)11-22)10-33(38)37(31)25(17-43)18-44/h3-14,19,33H,1-2H3. The maximum atomic E-state index is 14.2. The molecule has 46 heavy (non-hydrogen) atoms. The summed E-state index contributed by atoms with van der Waals surface area (Å²) in [7, 11) is 0. The number of fused-ring (bicyclic) bond motifs is 6. The number of halogens is 2. The Bertz CT molecular complexity index is 2340. The molecule has 6 nitrogen and oxygen atoms in total. The van der Waals surface area contributed by atoms with Gasteiger partial charge in [0.1, 0.15) is 35.4 Å². The first kappa shape index (κ1) is 28.3. The largest absolute Gasteiger partial charge is 0.228 e. The number of nitriles is 4. The molecule has 0 aliphatic heterocycles. The normalized spacial score (nSPS) is 18.2. The van der Waals surface area contributed by atoms with Gasteiger partial charge in [0, 0.05) is 41.4 Å². The second-order valence-electron chi connectivity index (χ2n) is 11.6. The SMILES string of the molecule is Cc1cnc(F)cc1-c1ccc2c(c1)C(=C(C#N)C#N)c1cc3c(cc1-2)C(=C(C#N)C#N)C1C=C(c2ccnc(F)c2)C=CC31C. The Balaban J connectivity index is 1.49. The van der Waals surface area contributed by atoms with Gasteiger partial charge in [-0.15, -0.1) is 0 Å². The van der Waals surface area contributed by atoms with E-state index in [2.05, 4.69) is 34.2 Å². The fourth-order valence-electron chi connectivity index (χ4n) is 7.00. The predicted octanol–water partition coefficient (Wildman–Crippen LogP) is 7.90. The molecule has 0 N–H and O–H groups in total. The lowest BCUT2D eigenvalue weighted by Crippen LogP contribution is -2.26. The Kier molecular flexibility index (Phi) is 6.34. The van der Waals surface area contributed by atoms with Crippen LogP contribution in [0.25, 0.3) is 39.0 Å².